The number of rotatable bonds is 7. The molecule has 8 nitrogen and oxygen atoms in total. The molecule has 0 spiro atoms. The Hall–Kier alpha value is -4.27. The lowest BCUT2D eigenvalue weighted by molar-refractivity contribution is -0.116. The largest absolute Gasteiger partial charge is 0.333 e. The Labute approximate surface area is 200 Å². The second kappa shape index (κ2) is 9.17. The number of nitrogens with zero attached hydrogens (tertiary/aromatic N) is 4. The van der Waals surface area contributed by atoms with Crippen LogP contribution in [0.15, 0.2) is 65.5 Å². The molecule has 0 radical (unpaired) electrons. The summed E-state index contributed by atoms with van der Waals surface area (Å²) in [5, 5.41) is 7.06. The molecule has 35 heavy (non-hydrogen) atoms. The molecule has 0 atom stereocenters. The number of anilines is 1. The second-order valence-electron chi connectivity index (χ2n) is 8.49. The Morgan fingerprint density at radius 2 is 1.83 bits per heavy atom. The number of amides is 2. The number of fused-ring (bicyclic) bond motifs is 2. The zero-order chi connectivity index (χ0) is 24.5. The summed E-state index contributed by atoms with van der Waals surface area (Å²) in [6.07, 6.45) is 1.70. The van der Waals surface area contributed by atoms with E-state index in [0.29, 0.717) is 23.4 Å². The first-order chi connectivity index (χ1) is 17.0. The summed E-state index contributed by atoms with van der Waals surface area (Å²) in [6.45, 7) is 2.42. The van der Waals surface area contributed by atoms with Crippen LogP contribution in [0.1, 0.15) is 35.8 Å². The fraction of sp³-hybridized carbons (Fsp3) is 0.231. The smallest absolute Gasteiger partial charge is 0.280 e. The van der Waals surface area contributed by atoms with Crippen molar-refractivity contribution in [3.63, 3.8) is 0 Å². The quantitative estimate of drug-likeness (QED) is 0.443. The van der Waals surface area contributed by atoms with Crippen LogP contribution in [0, 0.1) is 5.82 Å². The first kappa shape index (κ1) is 22.5. The van der Waals surface area contributed by atoms with E-state index in [2.05, 4.69) is 10.4 Å². The van der Waals surface area contributed by atoms with Crippen LogP contribution in [0.5, 0.6) is 0 Å². The predicted molar refractivity (Wildman–Crippen MR) is 130 cm³/mol. The number of halogens is 1. The fourth-order valence-electron chi connectivity index (χ4n) is 4.35. The zero-order valence-electron chi connectivity index (χ0n) is 19.2. The average molecular weight is 474 g/mol. The van der Waals surface area contributed by atoms with Crippen LogP contribution in [0.3, 0.4) is 0 Å². The van der Waals surface area contributed by atoms with Gasteiger partial charge in [-0.2, -0.15) is 9.61 Å². The lowest BCUT2D eigenvalue weighted by Gasteiger charge is -2.16. The van der Waals surface area contributed by atoms with Gasteiger partial charge >= 0.3 is 0 Å². The molecule has 4 aromatic rings. The van der Waals surface area contributed by atoms with Gasteiger partial charge in [-0.1, -0.05) is 55.8 Å². The first-order valence-electron chi connectivity index (χ1n) is 11.5. The number of benzene rings is 2. The van der Waals surface area contributed by atoms with E-state index in [9.17, 15) is 18.8 Å². The van der Waals surface area contributed by atoms with Gasteiger partial charge in [0.15, 0.2) is 0 Å². The van der Waals surface area contributed by atoms with Gasteiger partial charge in [0.25, 0.3) is 11.5 Å². The summed E-state index contributed by atoms with van der Waals surface area (Å²) in [7, 11) is 0. The van der Waals surface area contributed by atoms with E-state index in [0.717, 1.165) is 18.4 Å². The molecular weight excluding hydrogens is 449 g/mol. The van der Waals surface area contributed by atoms with Crippen LogP contribution >= 0.6 is 0 Å². The maximum Gasteiger partial charge on any atom is 0.280 e. The van der Waals surface area contributed by atoms with Gasteiger partial charge in [-0.05, 0) is 18.6 Å². The molecule has 2 aromatic heterocycles. The molecule has 3 heterocycles. The fourth-order valence-corrected chi connectivity index (χ4v) is 4.35. The van der Waals surface area contributed by atoms with E-state index >= 15 is 0 Å². The van der Waals surface area contributed by atoms with Crippen molar-refractivity contribution in [3.8, 4) is 11.3 Å². The van der Waals surface area contributed by atoms with Crippen molar-refractivity contribution in [2.24, 2.45) is 0 Å². The summed E-state index contributed by atoms with van der Waals surface area (Å²) in [5.41, 5.74) is 1.82. The number of nitrogens with one attached hydrogen (secondary N) is 1. The Kier molecular flexibility index (Phi) is 5.90. The van der Waals surface area contributed by atoms with Gasteiger partial charge in [0.05, 0.1) is 23.5 Å². The van der Waals surface area contributed by atoms with Gasteiger partial charge in [0.2, 0.25) is 5.91 Å². The molecule has 1 N–H and O–H groups in total. The van der Waals surface area contributed by atoms with Crippen molar-refractivity contribution in [3.05, 3.63) is 88.1 Å². The third-order valence-corrected chi connectivity index (χ3v) is 6.11. The third kappa shape index (κ3) is 4.09. The monoisotopic (exact) mass is 473 g/mol. The van der Waals surface area contributed by atoms with Gasteiger partial charge < -0.3 is 14.8 Å². The highest BCUT2D eigenvalue weighted by Crippen LogP contribution is 2.25. The molecule has 9 heteroatoms. The lowest BCUT2D eigenvalue weighted by atomic mass is 10.1. The van der Waals surface area contributed by atoms with Crippen molar-refractivity contribution in [2.45, 2.75) is 32.9 Å². The number of carbonyl (C=O) groups excluding carboxylic acids is 2. The van der Waals surface area contributed by atoms with Crippen LogP contribution < -0.4 is 10.9 Å². The predicted octanol–water partition coefficient (Wildman–Crippen LogP) is 3.70. The number of carbonyl (C=O) groups is 2. The molecule has 2 amide bonds. The second-order valence-corrected chi connectivity index (χ2v) is 8.49. The summed E-state index contributed by atoms with van der Waals surface area (Å²) in [6, 6.07) is 16.9. The Morgan fingerprint density at radius 1 is 1.09 bits per heavy atom. The summed E-state index contributed by atoms with van der Waals surface area (Å²) in [4.78, 5) is 41.3. The molecule has 1 aliphatic rings. The van der Waals surface area contributed by atoms with Crippen molar-refractivity contribution in [1.29, 1.82) is 0 Å². The molecule has 5 rings (SSSR count). The Bertz CT molecular complexity index is 1490. The van der Waals surface area contributed by atoms with Crippen molar-refractivity contribution in [2.75, 3.05) is 11.9 Å². The molecule has 0 unspecified atom stereocenters. The highest BCUT2D eigenvalue weighted by Gasteiger charge is 2.35. The van der Waals surface area contributed by atoms with E-state index < -0.39 is 11.7 Å². The molecule has 0 saturated carbocycles. The Balaban J connectivity index is 1.62. The highest BCUT2D eigenvalue weighted by molar-refractivity contribution is 5.98. The highest BCUT2D eigenvalue weighted by atomic mass is 19.1. The minimum absolute atomic E-state index is 0.0422. The topological polar surface area (TPSA) is 88.7 Å². The Morgan fingerprint density at radius 3 is 2.57 bits per heavy atom. The molecule has 2 aromatic carbocycles. The van der Waals surface area contributed by atoms with Crippen molar-refractivity contribution >= 4 is 23.1 Å². The van der Waals surface area contributed by atoms with Crippen LogP contribution in [-0.2, 0) is 17.9 Å². The zero-order valence-corrected chi connectivity index (χ0v) is 19.2. The van der Waals surface area contributed by atoms with Gasteiger partial charge in [-0.3, -0.25) is 14.4 Å². The minimum atomic E-state index is -0.561. The lowest BCUT2D eigenvalue weighted by Crippen LogP contribution is -2.30. The molecule has 178 valence electrons. The molecule has 0 saturated heterocycles. The van der Waals surface area contributed by atoms with Gasteiger partial charge in [0.1, 0.15) is 23.7 Å². The van der Waals surface area contributed by atoms with Crippen molar-refractivity contribution < 1.29 is 14.0 Å². The van der Waals surface area contributed by atoms with Crippen molar-refractivity contribution in [1.82, 2.24) is 19.1 Å². The van der Waals surface area contributed by atoms with E-state index in [1.165, 1.54) is 27.3 Å². The number of hydrogen-bond acceptors (Lipinski definition) is 4. The van der Waals surface area contributed by atoms with Crippen LogP contribution in [-0.4, -0.2) is 37.4 Å². The standard InChI is InChI=1S/C26H24FN5O3/c1-2-3-13-30-15-18-24(26(30)35)31(16-22(33)28-20-12-8-7-11-19(20)27)23-14-21(29-32(23)25(18)34)17-9-5-4-6-10-17/h4-12,14H,2-3,13,15-16H2,1H3,(H,28,33). The van der Waals surface area contributed by atoms with E-state index in [4.69, 9.17) is 0 Å². The van der Waals surface area contributed by atoms with Gasteiger partial charge in [0, 0.05) is 18.2 Å². The normalized spacial score (nSPS) is 12.9. The summed E-state index contributed by atoms with van der Waals surface area (Å²) < 4.78 is 16.9. The maximum absolute atomic E-state index is 14.1. The van der Waals surface area contributed by atoms with E-state index in [-0.39, 0.29) is 35.9 Å². The number of aromatic nitrogens is 3. The molecule has 1 aliphatic heterocycles. The third-order valence-electron chi connectivity index (χ3n) is 6.11. The summed E-state index contributed by atoms with van der Waals surface area (Å²) >= 11 is 0. The first-order valence-corrected chi connectivity index (χ1v) is 11.5. The molecular formula is C26H24FN5O3. The number of para-hydroxylation sites is 1. The van der Waals surface area contributed by atoms with Crippen LogP contribution in [0.2, 0.25) is 0 Å². The van der Waals surface area contributed by atoms with E-state index in [1.807, 2.05) is 37.3 Å². The van der Waals surface area contributed by atoms with Gasteiger partial charge in [-0.15, -0.1) is 0 Å². The van der Waals surface area contributed by atoms with E-state index in [1.54, 1.807) is 17.0 Å². The SMILES string of the molecule is CCCCN1Cc2c(n(CC(=O)Nc3ccccc3F)c3cc(-c4ccccc4)nn3c2=O)C1=O. The average Bonchev–Trinajstić information content (AvgIpc) is 3.45. The minimum Gasteiger partial charge on any atom is -0.333 e. The van der Waals surface area contributed by atoms with Crippen LogP contribution in [0.25, 0.3) is 16.9 Å². The molecule has 0 fully saturated rings. The summed E-state index contributed by atoms with van der Waals surface area (Å²) in [5.74, 6) is -1.38. The maximum atomic E-state index is 14.1. The number of unbranched alkanes of at least 4 members (excludes halogenated alkanes) is 1. The number of hydrogen-bond donors (Lipinski definition) is 1. The molecule has 0 aliphatic carbocycles. The van der Waals surface area contributed by atoms with Gasteiger partial charge in [-0.25, -0.2) is 4.39 Å². The van der Waals surface area contributed by atoms with Crippen LogP contribution in [0.4, 0.5) is 10.1 Å². The molecule has 0 bridgehead atoms.